The van der Waals surface area contributed by atoms with Gasteiger partial charge in [-0.1, -0.05) is 48.5 Å². The normalized spacial score (nSPS) is 16.3. The maximum Gasteiger partial charge on any atom is 0.415 e. The monoisotopic (exact) mass is 351 g/mol. The van der Waals surface area contributed by atoms with E-state index in [2.05, 4.69) is 0 Å². The fourth-order valence-corrected chi connectivity index (χ4v) is 3.26. The lowest BCUT2D eigenvalue weighted by Gasteiger charge is -2.28. The fourth-order valence-electron chi connectivity index (χ4n) is 3.26. The smallest absolute Gasteiger partial charge is 0.415 e. The molecule has 0 fully saturated rings. The van der Waals surface area contributed by atoms with E-state index in [-0.39, 0.29) is 5.78 Å². The van der Waals surface area contributed by atoms with Gasteiger partial charge in [0.15, 0.2) is 5.78 Å². The largest absolute Gasteiger partial charge is 0.443 e. The molecule has 2 aromatic rings. The zero-order valence-electron chi connectivity index (χ0n) is 15.6. The van der Waals surface area contributed by atoms with Crippen LogP contribution in [0.4, 0.5) is 10.5 Å². The molecule has 0 bridgehead atoms. The number of carbonyl (C=O) groups is 2. The third-order valence-corrected chi connectivity index (χ3v) is 4.44. The fraction of sp³-hybridized carbons (Fsp3) is 0.364. The van der Waals surface area contributed by atoms with Gasteiger partial charge < -0.3 is 4.74 Å². The van der Waals surface area contributed by atoms with Crippen molar-refractivity contribution in [3.63, 3.8) is 0 Å². The van der Waals surface area contributed by atoms with Gasteiger partial charge in [-0.15, -0.1) is 0 Å². The molecular weight excluding hydrogens is 326 g/mol. The minimum Gasteiger partial charge on any atom is -0.443 e. The van der Waals surface area contributed by atoms with Gasteiger partial charge in [-0.25, -0.2) is 4.79 Å². The van der Waals surface area contributed by atoms with E-state index in [9.17, 15) is 9.59 Å². The van der Waals surface area contributed by atoms with Crippen LogP contribution >= 0.6 is 0 Å². The van der Waals surface area contributed by atoms with Crippen molar-refractivity contribution in [3.8, 4) is 0 Å². The lowest BCUT2D eigenvalue weighted by molar-refractivity contribution is -0.120. The molecule has 1 amide bonds. The average Bonchev–Trinajstić information content (AvgIpc) is 2.99. The number of nitrogens with zero attached hydrogens (tertiary/aromatic N) is 1. The number of aryl methyl sites for hydroxylation is 1. The second-order valence-corrected chi connectivity index (χ2v) is 7.65. The molecule has 2 aromatic carbocycles. The number of para-hydroxylation sites is 1. The van der Waals surface area contributed by atoms with Crippen LogP contribution in [0.15, 0.2) is 54.6 Å². The van der Waals surface area contributed by atoms with E-state index in [0.717, 1.165) is 16.8 Å². The predicted octanol–water partition coefficient (Wildman–Crippen LogP) is 4.55. The van der Waals surface area contributed by atoms with Gasteiger partial charge in [-0.2, -0.15) is 0 Å². The Labute approximate surface area is 154 Å². The lowest BCUT2D eigenvalue weighted by atomic mass is 10.0. The molecule has 1 aliphatic rings. The number of fused-ring (bicyclic) bond motifs is 1. The first-order valence-corrected chi connectivity index (χ1v) is 9.02. The van der Waals surface area contributed by atoms with Crippen molar-refractivity contribution >= 4 is 17.6 Å². The molecule has 4 heteroatoms. The Balaban J connectivity index is 1.78. The summed E-state index contributed by atoms with van der Waals surface area (Å²) in [5, 5.41) is 0. The van der Waals surface area contributed by atoms with Crippen LogP contribution in [0.1, 0.15) is 38.3 Å². The number of rotatable bonds is 4. The molecule has 136 valence electrons. The molecule has 1 aliphatic heterocycles. The summed E-state index contributed by atoms with van der Waals surface area (Å²) in [6.07, 6.45) is 1.17. The van der Waals surface area contributed by atoms with E-state index in [0.29, 0.717) is 19.3 Å². The van der Waals surface area contributed by atoms with Gasteiger partial charge in [0, 0.05) is 12.8 Å². The van der Waals surface area contributed by atoms with Gasteiger partial charge in [0.1, 0.15) is 11.6 Å². The van der Waals surface area contributed by atoms with Crippen molar-refractivity contribution in [3.05, 3.63) is 65.7 Å². The molecule has 1 heterocycles. The number of anilines is 1. The van der Waals surface area contributed by atoms with E-state index < -0.39 is 17.7 Å². The van der Waals surface area contributed by atoms with Crippen molar-refractivity contribution in [2.24, 2.45) is 0 Å². The summed E-state index contributed by atoms with van der Waals surface area (Å²) in [5.74, 6) is 0.0657. The Hall–Kier alpha value is -2.62. The molecule has 0 radical (unpaired) electrons. The number of benzene rings is 2. The lowest BCUT2D eigenvalue weighted by Crippen LogP contribution is -2.45. The van der Waals surface area contributed by atoms with Crippen LogP contribution in [0.25, 0.3) is 0 Å². The summed E-state index contributed by atoms with van der Waals surface area (Å²) in [6.45, 7) is 5.50. The highest BCUT2D eigenvalue weighted by atomic mass is 16.6. The highest BCUT2D eigenvalue weighted by Gasteiger charge is 2.39. The van der Waals surface area contributed by atoms with Crippen molar-refractivity contribution in [2.75, 3.05) is 4.90 Å². The van der Waals surface area contributed by atoms with Gasteiger partial charge in [0.05, 0.1) is 5.69 Å². The molecule has 0 spiro atoms. The second-order valence-electron chi connectivity index (χ2n) is 7.65. The van der Waals surface area contributed by atoms with Crippen LogP contribution in [0.5, 0.6) is 0 Å². The Morgan fingerprint density at radius 3 is 2.38 bits per heavy atom. The van der Waals surface area contributed by atoms with Gasteiger partial charge in [-0.05, 0) is 44.4 Å². The number of carbonyl (C=O) groups excluding carboxylic acids is 2. The molecule has 0 aliphatic carbocycles. The molecule has 0 N–H and O–H groups in total. The van der Waals surface area contributed by atoms with Gasteiger partial charge in [-0.3, -0.25) is 9.69 Å². The Bertz CT molecular complexity index is 793. The molecule has 4 nitrogen and oxygen atoms in total. The number of hydrogen-bond acceptors (Lipinski definition) is 3. The summed E-state index contributed by atoms with van der Waals surface area (Å²) < 4.78 is 5.56. The molecule has 0 saturated heterocycles. The minimum atomic E-state index is -0.605. The van der Waals surface area contributed by atoms with Crippen molar-refractivity contribution < 1.29 is 14.3 Å². The first-order valence-electron chi connectivity index (χ1n) is 9.02. The zero-order valence-corrected chi connectivity index (χ0v) is 15.6. The molecular formula is C22H25NO3. The molecule has 1 unspecified atom stereocenters. The number of Topliss-reactive ketones (excluding diaryl/α,β-unsaturated/α-hetero) is 1. The summed E-state index contributed by atoms with van der Waals surface area (Å²) in [7, 11) is 0. The Morgan fingerprint density at radius 1 is 1.04 bits per heavy atom. The van der Waals surface area contributed by atoms with Crippen LogP contribution in [-0.4, -0.2) is 23.5 Å². The van der Waals surface area contributed by atoms with Gasteiger partial charge in [0.25, 0.3) is 0 Å². The van der Waals surface area contributed by atoms with Gasteiger partial charge >= 0.3 is 6.09 Å². The standard InChI is InChI=1S/C22H25NO3/c1-22(2,3)26-21(25)23-18-12-8-7-11-17(18)15-19(23)20(24)14-13-16-9-5-4-6-10-16/h4-12,19H,13-15H2,1-3H3. The van der Waals surface area contributed by atoms with Crippen LogP contribution in [0, 0.1) is 0 Å². The minimum absolute atomic E-state index is 0.0657. The number of ether oxygens (including phenoxy) is 1. The second kappa shape index (κ2) is 7.32. The third-order valence-electron chi connectivity index (χ3n) is 4.44. The van der Waals surface area contributed by atoms with E-state index in [1.54, 1.807) is 0 Å². The average molecular weight is 351 g/mol. The maximum atomic E-state index is 12.9. The highest BCUT2D eigenvalue weighted by molar-refractivity contribution is 6.01. The van der Waals surface area contributed by atoms with E-state index in [1.165, 1.54) is 4.90 Å². The zero-order chi connectivity index (χ0) is 18.7. The third kappa shape index (κ3) is 4.13. The van der Waals surface area contributed by atoms with Crippen molar-refractivity contribution in [2.45, 2.75) is 51.7 Å². The SMILES string of the molecule is CC(C)(C)OC(=O)N1c2ccccc2CC1C(=O)CCc1ccccc1. The summed E-state index contributed by atoms with van der Waals surface area (Å²) in [5.41, 5.74) is 2.31. The van der Waals surface area contributed by atoms with E-state index >= 15 is 0 Å². The molecule has 0 saturated carbocycles. The Morgan fingerprint density at radius 2 is 1.69 bits per heavy atom. The predicted molar refractivity (Wildman–Crippen MR) is 102 cm³/mol. The summed E-state index contributed by atoms with van der Waals surface area (Å²) in [4.78, 5) is 27.2. The van der Waals surface area contributed by atoms with Crippen LogP contribution in [0.2, 0.25) is 0 Å². The van der Waals surface area contributed by atoms with Gasteiger partial charge in [0.2, 0.25) is 0 Å². The Kier molecular flexibility index (Phi) is 5.12. The highest BCUT2D eigenvalue weighted by Crippen LogP contribution is 2.34. The molecule has 3 rings (SSSR count). The number of ketones is 1. The van der Waals surface area contributed by atoms with E-state index in [4.69, 9.17) is 4.74 Å². The van der Waals surface area contributed by atoms with Crippen LogP contribution in [0.3, 0.4) is 0 Å². The number of hydrogen-bond donors (Lipinski definition) is 0. The maximum absolute atomic E-state index is 12.9. The molecule has 26 heavy (non-hydrogen) atoms. The van der Waals surface area contributed by atoms with Crippen LogP contribution in [-0.2, 0) is 22.4 Å². The molecule has 0 aromatic heterocycles. The van der Waals surface area contributed by atoms with Crippen LogP contribution < -0.4 is 4.90 Å². The van der Waals surface area contributed by atoms with E-state index in [1.807, 2.05) is 75.4 Å². The first kappa shape index (κ1) is 18.2. The topological polar surface area (TPSA) is 46.6 Å². The van der Waals surface area contributed by atoms with Crippen molar-refractivity contribution in [1.82, 2.24) is 0 Å². The quantitative estimate of drug-likeness (QED) is 0.811. The van der Waals surface area contributed by atoms with Crippen molar-refractivity contribution in [1.29, 1.82) is 0 Å². The summed E-state index contributed by atoms with van der Waals surface area (Å²) in [6, 6.07) is 17.1. The molecule has 1 atom stereocenters. The summed E-state index contributed by atoms with van der Waals surface area (Å²) >= 11 is 0. The number of amides is 1. The first-order chi connectivity index (χ1) is 12.3.